The van der Waals surface area contributed by atoms with Crippen LogP contribution in [0.4, 0.5) is 4.79 Å². The predicted molar refractivity (Wildman–Crippen MR) is 75.1 cm³/mol. The van der Waals surface area contributed by atoms with Gasteiger partial charge < -0.3 is 10.2 Å². The highest BCUT2D eigenvalue weighted by Gasteiger charge is 2.05. The summed E-state index contributed by atoms with van der Waals surface area (Å²) in [5.41, 5.74) is 6.56. The van der Waals surface area contributed by atoms with Crippen molar-refractivity contribution < 1.29 is 14.0 Å². The Kier molecular flexibility index (Phi) is 3.88. The number of furan rings is 1. The molecule has 0 bridgehead atoms. The molecule has 1 amide bonds. The summed E-state index contributed by atoms with van der Waals surface area (Å²) in [6, 6.07) is 5.45. The molecule has 92 valence electrons. The molecule has 0 atom stereocenters. The van der Waals surface area contributed by atoms with E-state index in [1.165, 1.54) is 0 Å². The normalized spacial score (nSPS) is 11.7. The van der Waals surface area contributed by atoms with Gasteiger partial charge in [-0.05, 0) is 51.5 Å². The first-order valence-corrected chi connectivity index (χ1v) is 6.52. The quantitative estimate of drug-likeness (QED) is 0.691. The fourth-order valence-electron chi connectivity index (χ4n) is 1.47. The SMILES string of the molecule is NC(=O)S/C(C=O)=C\c1ccc2occ(Br)c2c1. The average molecular weight is 326 g/mol. The lowest BCUT2D eigenvalue weighted by atomic mass is 10.1. The molecule has 4 nitrogen and oxygen atoms in total. The minimum atomic E-state index is -0.612. The van der Waals surface area contributed by atoms with Gasteiger partial charge in [0.25, 0.3) is 5.24 Å². The van der Waals surface area contributed by atoms with Crippen molar-refractivity contribution in [2.24, 2.45) is 5.73 Å². The molecule has 0 radical (unpaired) electrons. The van der Waals surface area contributed by atoms with Gasteiger partial charge in [0, 0.05) is 5.39 Å². The number of benzene rings is 1. The Morgan fingerprint density at radius 1 is 1.44 bits per heavy atom. The highest BCUT2D eigenvalue weighted by Crippen LogP contribution is 2.28. The van der Waals surface area contributed by atoms with Crippen LogP contribution in [0.3, 0.4) is 0 Å². The molecule has 2 N–H and O–H groups in total. The maximum absolute atomic E-state index is 10.8. The van der Waals surface area contributed by atoms with E-state index in [9.17, 15) is 9.59 Å². The Bertz CT molecular complexity index is 648. The number of halogens is 1. The van der Waals surface area contributed by atoms with Gasteiger partial charge in [0.15, 0.2) is 6.29 Å². The molecule has 0 spiro atoms. The smallest absolute Gasteiger partial charge is 0.281 e. The zero-order valence-corrected chi connectivity index (χ0v) is 11.5. The minimum absolute atomic E-state index is 0.265. The molecule has 2 rings (SSSR count). The second kappa shape index (κ2) is 5.41. The average Bonchev–Trinajstić information content (AvgIpc) is 2.70. The number of hydrogen-bond acceptors (Lipinski definition) is 4. The molecular formula is C12H8BrNO3S. The Labute approximate surface area is 115 Å². The van der Waals surface area contributed by atoms with E-state index in [0.29, 0.717) is 18.0 Å². The molecule has 1 heterocycles. The number of aldehydes is 1. The van der Waals surface area contributed by atoms with Crippen molar-refractivity contribution in [2.45, 2.75) is 0 Å². The number of rotatable bonds is 3. The monoisotopic (exact) mass is 325 g/mol. The molecule has 0 aliphatic rings. The molecular weight excluding hydrogens is 318 g/mol. The maximum Gasteiger partial charge on any atom is 0.281 e. The van der Waals surface area contributed by atoms with Crippen LogP contribution in [-0.4, -0.2) is 11.5 Å². The van der Waals surface area contributed by atoms with Crippen molar-refractivity contribution in [3.05, 3.63) is 39.4 Å². The van der Waals surface area contributed by atoms with E-state index in [1.54, 1.807) is 24.5 Å². The molecule has 0 aliphatic carbocycles. The predicted octanol–water partition coefficient (Wildman–Crippen LogP) is 3.55. The fourth-order valence-corrected chi connectivity index (χ4v) is 2.35. The molecule has 0 fully saturated rings. The lowest BCUT2D eigenvalue weighted by Gasteiger charge is -1.97. The number of thioether (sulfide) groups is 1. The topological polar surface area (TPSA) is 73.3 Å². The Balaban J connectivity index is 2.40. The molecule has 0 saturated heterocycles. The largest absolute Gasteiger partial charge is 0.463 e. The molecule has 2 aromatic rings. The van der Waals surface area contributed by atoms with Gasteiger partial charge in [-0.3, -0.25) is 9.59 Å². The van der Waals surface area contributed by atoms with Crippen LogP contribution in [0.15, 0.2) is 38.3 Å². The summed E-state index contributed by atoms with van der Waals surface area (Å²) in [7, 11) is 0. The van der Waals surface area contributed by atoms with Gasteiger partial charge >= 0.3 is 0 Å². The lowest BCUT2D eigenvalue weighted by molar-refractivity contribution is -0.104. The molecule has 0 unspecified atom stereocenters. The first-order valence-electron chi connectivity index (χ1n) is 4.91. The Morgan fingerprint density at radius 3 is 2.89 bits per heavy atom. The summed E-state index contributed by atoms with van der Waals surface area (Å²) in [6.07, 6.45) is 3.79. The number of fused-ring (bicyclic) bond motifs is 1. The lowest BCUT2D eigenvalue weighted by Crippen LogP contribution is -2.02. The number of hydrogen-bond donors (Lipinski definition) is 1. The van der Waals surface area contributed by atoms with Crippen LogP contribution in [0, 0.1) is 0 Å². The van der Waals surface area contributed by atoms with Gasteiger partial charge in [0.1, 0.15) is 11.8 Å². The zero-order chi connectivity index (χ0) is 13.1. The summed E-state index contributed by atoms with van der Waals surface area (Å²) in [4.78, 5) is 21.8. The number of amides is 1. The summed E-state index contributed by atoms with van der Waals surface area (Å²) in [5.74, 6) is 0. The second-order valence-corrected chi connectivity index (χ2v) is 5.36. The van der Waals surface area contributed by atoms with Gasteiger partial charge in [-0.25, -0.2) is 0 Å². The number of primary amides is 1. The van der Waals surface area contributed by atoms with Crippen molar-refractivity contribution in [3.8, 4) is 0 Å². The Morgan fingerprint density at radius 2 is 2.22 bits per heavy atom. The van der Waals surface area contributed by atoms with Crippen LogP contribution in [0.25, 0.3) is 17.0 Å². The molecule has 0 saturated carbocycles. The number of carbonyl (C=O) groups excluding carboxylic acids is 2. The standard InChI is InChI=1S/C12H8BrNO3S/c13-10-6-17-11-2-1-7(4-9(10)11)3-8(5-15)18-12(14)16/h1-6H,(H2,14,16)/b8-3-. The molecule has 6 heteroatoms. The van der Waals surface area contributed by atoms with Crippen molar-refractivity contribution in [1.82, 2.24) is 0 Å². The van der Waals surface area contributed by atoms with E-state index in [1.807, 2.05) is 6.07 Å². The van der Waals surface area contributed by atoms with E-state index in [-0.39, 0.29) is 4.91 Å². The van der Waals surface area contributed by atoms with Gasteiger partial charge in [0.05, 0.1) is 9.38 Å². The third kappa shape index (κ3) is 2.83. The highest BCUT2D eigenvalue weighted by atomic mass is 79.9. The van der Waals surface area contributed by atoms with E-state index in [2.05, 4.69) is 15.9 Å². The van der Waals surface area contributed by atoms with Crippen LogP contribution in [0.1, 0.15) is 5.56 Å². The van der Waals surface area contributed by atoms with Gasteiger partial charge in [-0.15, -0.1) is 0 Å². The van der Waals surface area contributed by atoms with Gasteiger partial charge in [0.2, 0.25) is 0 Å². The van der Waals surface area contributed by atoms with Crippen molar-refractivity contribution >= 4 is 56.3 Å². The summed E-state index contributed by atoms with van der Waals surface area (Å²) in [6.45, 7) is 0. The zero-order valence-electron chi connectivity index (χ0n) is 9.05. The fraction of sp³-hybridized carbons (Fsp3) is 0. The van der Waals surface area contributed by atoms with Crippen molar-refractivity contribution in [3.63, 3.8) is 0 Å². The van der Waals surface area contributed by atoms with Crippen LogP contribution >= 0.6 is 27.7 Å². The summed E-state index contributed by atoms with van der Waals surface area (Å²) < 4.78 is 6.12. The van der Waals surface area contributed by atoms with Crippen LogP contribution < -0.4 is 5.73 Å². The molecule has 1 aromatic carbocycles. The minimum Gasteiger partial charge on any atom is -0.463 e. The van der Waals surface area contributed by atoms with Crippen LogP contribution in [0.5, 0.6) is 0 Å². The third-order valence-corrected chi connectivity index (χ3v) is 3.46. The molecule has 1 aromatic heterocycles. The Hall–Kier alpha value is -1.53. The van der Waals surface area contributed by atoms with Gasteiger partial charge in [-0.2, -0.15) is 0 Å². The molecule has 0 aliphatic heterocycles. The van der Waals surface area contributed by atoms with E-state index < -0.39 is 5.24 Å². The number of nitrogens with two attached hydrogens (primary N) is 1. The van der Waals surface area contributed by atoms with Gasteiger partial charge in [-0.1, -0.05) is 6.07 Å². The van der Waals surface area contributed by atoms with E-state index in [0.717, 1.165) is 21.0 Å². The number of carbonyl (C=O) groups is 2. The number of allylic oxidation sites excluding steroid dienone is 1. The second-order valence-electron chi connectivity index (χ2n) is 3.42. The van der Waals surface area contributed by atoms with E-state index in [4.69, 9.17) is 10.2 Å². The summed E-state index contributed by atoms with van der Waals surface area (Å²) in [5, 5.41) is 0.289. The first kappa shape index (κ1) is 12.9. The molecule has 18 heavy (non-hydrogen) atoms. The summed E-state index contributed by atoms with van der Waals surface area (Å²) >= 11 is 4.06. The third-order valence-electron chi connectivity index (χ3n) is 2.19. The van der Waals surface area contributed by atoms with Crippen molar-refractivity contribution in [2.75, 3.05) is 0 Å². The van der Waals surface area contributed by atoms with Crippen molar-refractivity contribution in [1.29, 1.82) is 0 Å². The highest BCUT2D eigenvalue weighted by molar-refractivity contribution is 9.10. The maximum atomic E-state index is 10.8. The van der Waals surface area contributed by atoms with Crippen LogP contribution in [-0.2, 0) is 4.79 Å². The van der Waals surface area contributed by atoms with Crippen LogP contribution in [0.2, 0.25) is 0 Å². The first-order chi connectivity index (χ1) is 8.60. The van der Waals surface area contributed by atoms with E-state index >= 15 is 0 Å².